The first-order valence-corrected chi connectivity index (χ1v) is 6.74. The van der Waals surface area contributed by atoms with E-state index in [-0.39, 0.29) is 0 Å². The molecule has 2 heterocycles. The van der Waals surface area contributed by atoms with Gasteiger partial charge in [0.05, 0.1) is 0 Å². The monoisotopic (exact) mass is 256 g/mol. The van der Waals surface area contributed by atoms with Gasteiger partial charge in [0.15, 0.2) is 0 Å². The molecule has 0 amide bonds. The lowest BCUT2D eigenvalue weighted by Crippen LogP contribution is -2.15. The zero-order chi connectivity index (χ0) is 13.5. The van der Waals surface area contributed by atoms with Crippen LogP contribution < -0.4 is 5.32 Å². The molecule has 0 radical (unpaired) electrons. The van der Waals surface area contributed by atoms with Crippen LogP contribution in [0.3, 0.4) is 0 Å². The van der Waals surface area contributed by atoms with E-state index in [1.165, 1.54) is 5.57 Å². The Morgan fingerprint density at radius 2 is 2.21 bits per heavy atom. The number of hydrogen-bond donors (Lipinski definition) is 1. The van der Waals surface area contributed by atoms with Crippen LogP contribution in [-0.2, 0) is 0 Å². The summed E-state index contributed by atoms with van der Waals surface area (Å²) in [5, 5.41) is 3.34. The van der Waals surface area contributed by atoms with Crippen LogP contribution in [0, 0.1) is 0 Å². The average molecular weight is 256 g/mol. The Morgan fingerprint density at radius 1 is 1.32 bits per heavy atom. The van der Waals surface area contributed by atoms with Crippen molar-refractivity contribution in [3.05, 3.63) is 48.0 Å². The molecular formula is C16H20N2O. The van der Waals surface area contributed by atoms with Crippen molar-refractivity contribution in [2.75, 3.05) is 13.1 Å². The highest BCUT2D eigenvalue weighted by Crippen LogP contribution is 2.22. The van der Waals surface area contributed by atoms with E-state index in [9.17, 15) is 0 Å². The van der Waals surface area contributed by atoms with E-state index in [4.69, 9.17) is 4.42 Å². The summed E-state index contributed by atoms with van der Waals surface area (Å²) in [6.45, 7) is 6.17. The highest BCUT2D eigenvalue weighted by molar-refractivity contribution is 5.59. The molecule has 0 saturated heterocycles. The largest absolute Gasteiger partial charge is 0.457 e. The lowest BCUT2D eigenvalue weighted by atomic mass is 10.1. The number of furan rings is 1. The zero-order valence-corrected chi connectivity index (χ0v) is 11.5. The smallest absolute Gasteiger partial charge is 0.136 e. The van der Waals surface area contributed by atoms with Crippen molar-refractivity contribution in [1.82, 2.24) is 10.3 Å². The molecule has 2 aromatic heterocycles. The van der Waals surface area contributed by atoms with Gasteiger partial charge >= 0.3 is 0 Å². The Kier molecular flexibility index (Phi) is 4.93. The van der Waals surface area contributed by atoms with Crippen molar-refractivity contribution in [2.24, 2.45) is 0 Å². The summed E-state index contributed by atoms with van der Waals surface area (Å²) < 4.78 is 5.84. The molecule has 0 aliphatic rings. The summed E-state index contributed by atoms with van der Waals surface area (Å²) >= 11 is 0. The van der Waals surface area contributed by atoms with E-state index >= 15 is 0 Å². The van der Waals surface area contributed by atoms with Crippen molar-refractivity contribution in [1.29, 1.82) is 0 Å². The number of nitrogens with zero attached hydrogens (tertiary/aromatic N) is 1. The predicted molar refractivity (Wildman–Crippen MR) is 78.8 cm³/mol. The molecule has 0 aliphatic carbocycles. The summed E-state index contributed by atoms with van der Waals surface area (Å²) in [4.78, 5) is 4.10. The van der Waals surface area contributed by atoms with Gasteiger partial charge in [-0.2, -0.15) is 0 Å². The van der Waals surface area contributed by atoms with Gasteiger partial charge in [-0.25, -0.2) is 0 Å². The van der Waals surface area contributed by atoms with Gasteiger partial charge < -0.3 is 9.73 Å². The van der Waals surface area contributed by atoms with E-state index in [0.29, 0.717) is 0 Å². The molecule has 19 heavy (non-hydrogen) atoms. The average Bonchev–Trinajstić information content (AvgIpc) is 2.93. The molecule has 3 heteroatoms. The van der Waals surface area contributed by atoms with Crippen LogP contribution in [0.5, 0.6) is 0 Å². The van der Waals surface area contributed by atoms with Crippen molar-refractivity contribution < 1.29 is 4.42 Å². The Balaban J connectivity index is 2.14. The van der Waals surface area contributed by atoms with Gasteiger partial charge in [0.2, 0.25) is 0 Å². The topological polar surface area (TPSA) is 38.1 Å². The van der Waals surface area contributed by atoms with Gasteiger partial charge in [-0.05, 0) is 43.3 Å². The Labute approximate surface area is 114 Å². The van der Waals surface area contributed by atoms with Gasteiger partial charge in [0.1, 0.15) is 11.5 Å². The van der Waals surface area contributed by atoms with Crippen LogP contribution in [0.4, 0.5) is 0 Å². The number of nitrogens with one attached hydrogen (secondary N) is 1. The van der Waals surface area contributed by atoms with E-state index in [2.05, 4.69) is 30.2 Å². The molecule has 0 saturated carbocycles. The van der Waals surface area contributed by atoms with Crippen molar-refractivity contribution in [3.8, 4) is 11.3 Å². The van der Waals surface area contributed by atoms with E-state index in [0.717, 1.165) is 36.6 Å². The molecule has 2 rings (SSSR count). The second-order valence-corrected chi connectivity index (χ2v) is 4.38. The Hall–Kier alpha value is -1.87. The zero-order valence-electron chi connectivity index (χ0n) is 11.5. The predicted octanol–water partition coefficient (Wildman–Crippen LogP) is 3.74. The first-order valence-electron chi connectivity index (χ1n) is 6.74. The number of pyridine rings is 1. The standard InChI is InChI=1S/C16H20N2O/c1-3-13(11-17-4-2)10-15-7-8-16(19-15)14-6-5-9-18-12-14/h5-10,12,17H,3-4,11H2,1-2H3. The summed E-state index contributed by atoms with van der Waals surface area (Å²) in [5.74, 6) is 1.76. The minimum atomic E-state index is 0.859. The molecule has 0 spiro atoms. The fourth-order valence-electron chi connectivity index (χ4n) is 1.86. The van der Waals surface area contributed by atoms with Gasteiger partial charge in [-0.3, -0.25) is 4.98 Å². The van der Waals surface area contributed by atoms with Crippen LogP contribution in [0.15, 0.2) is 46.6 Å². The van der Waals surface area contributed by atoms with E-state index in [1.807, 2.05) is 30.5 Å². The maximum Gasteiger partial charge on any atom is 0.136 e. The molecule has 0 bridgehead atoms. The minimum absolute atomic E-state index is 0.859. The quantitative estimate of drug-likeness (QED) is 0.855. The van der Waals surface area contributed by atoms with Gasteiger partial charge in [-0.15, -0.1) is 0 Å². The number of likely N-dealkylation sites (N-methyl/N-ethyl adjacent to an activating group) is 1. The minimum Gasteiger partial charge on any atom is -0.457 e. The molecule has 0 atom stereocenters. The van der Waals surface area contributed by atoms with E-state index < -0.39 is 0 Å². The lowest BCUT2D eigenvalue weighted by molar-refractivity contribution is 0.570. The highest BCUT2D eigenvalue weighted by Gasteiger charge is 2.03. The van der Waals surface area contributed by atoms with Crippen LogP contribution in [0.25, 0.3) is 17.4 Å². The first-order chi connectivity index (χ1) is 9.33. The number of hydrogen-bond acceptors (Lipinski definition) is 3. The van der Waals surface area contributed by atoms with Gasteiger partial charge in [-0.1, -0.05) is 19.4 Å². The fourth-order valence-corrected chi connectivity index (χ4v) is 1.86. The molecule has 100 valence electrons. The summed E-state index contributed by atoms with van der Waals surface area (Å²) in [5.41, 5.74) is 2.35. The van der Waals surface area contributed by atoms with Crippen LogP contribution >= 0.6 is 0 Å². The molecule has 1 N–H and O–H groups in total. The molecule has 0 fully saturated rings. The third-order valence-electron chi connectivity index (χ3n) is 2.98. The molecule has 0 aliphatic heterocycles. The molecule has 3 nitrogen and oxygen atoms in total. The Bertz CT molecular complexity index is 529. The number of rotatable bonds is 6. The van der Waals surface area contributed by atoms with Crippen LogP contribution in [0.2, 0.25) is 0 Å². The van der Waals surface area contributed by atoms with Crippen molar-refractivity contribution >= 4 is 6.08 Å². The lowest BCUT2D eigenvalue weighted by Gasteiger charge is -2.04. The fraction of sp³-hybridized carbons (Fsp3) is 0.312. The number of aromatic nitrogens is 1. The van der Waals surface area contributed by atoms with Crippen LogP contribution in [0.1, 0.15) is 26.0 Å². The molecule has 2 aromatic rings. The normalized spacial score (nSPS) is 11.8. The van der Waals surface area contributed by atoms with Gasteiger partial charge in [0, 0.05) is 24.5 Å². The summed E-state index contributed by atoms with van der Waals surface area (Å²) in [7, 11) is 0. The third kappa shape index (κ3) is 3.80. The first kappa shape index (κ1) is 13.6. The Morgan fingerprint density at radius 3 is 2.89 bits per heavy atom. The summed E-state index contributed by atoms with van der Waals surface area (Å²) in [6, 6.07) is 7.90. The third-order valence-corrected chi connectivity index (χ3v) is 2.98. The molecular weight excluding hydrogens is 236 g/mol. The maximum absolute atomic E-state index is 5.84. The second kappa shape index (κ2) is 6.90. The second-order valence-electron chi connectivity index (χ2n) is 4.38. The van der Waals surface area contributed by atoms with Crippen molar-refractivity contribution in [3.63, 3.8) is 0 Å². The summed E-state index contributed by atoms with van der Waals surface area (Å²) in [6.07, 6.45) is 6.71. The molecule has 0 aromatic carbocycles. The van der Waals surface area contributed by atoms with Crippen LogP contribution in [-0.4, -0.2) is 18.1 Å². The molecule has 0 unspecified atom stereocenters. The SMILES string of the molecule is CCNCC(=Cc1ccc(-c2cccnc2)o1)CC. The maximum atomic E-state index is 5.84. The van der Waals surface area contributed by atoms with Crippen molar-refractivity contribution in [2.45, 2.75) is 20.3 Å². The van der Waals surface area contributed by atoms with Gasteiger partial charge in [0.25, 0.3) is 0 Å². The highest BCUT2D eigenvalue weighted by atomic mass is 16.3. The van der Waals surface area contributed by atoms with E-state index in [1.54, 1.807) is 6.20 Å².